The lowest BCUT2D eigenvalue weighted by Crippen LogP contribution is -1.95. The Hall–Kier alpha value is -7.95. The van der Waals surface area contributed by atoms with Gasteiger partial charge in [0.1, 0.15) is 0 Å². The van der Waals surface area contributed by atoms with E-state index >= 15 is 0 Å². The second kappa shape index (κ2) is 13.3. The molecule has 0 N–H and O–H groups in total. The van der Waals surface area contributed by atoms with Crippen molar-refractivity contribution in [3.05, 3.63) is 207 Å². The topological polar surface area (TPSA) is 43.6 Å². The van der Waals surface area contributed by atoms with Crippen molar-refractivity contribution in [2.75, 3.05) is 0 Å². The van der Waals surface area contributed by atoms with Gasteiger partial charge in [-0.25, -0.2) is 4.98 Å². The van der Waals surface area contributed by atoms with Crippen LogP contribution in [0.1, 0.15) is 0 Å². The summed E-state index contributed by atoms with van der Waals surface area (Å²) in [5.41, 5.74) is 15.3. The molecule has 0 saturated heterocycles. The van der Waals surface area contributed by atoms with Crippen molar-refractivity contribution in [2.24, 2.45) is 0 Å². The van der Waals surface area contributed by atoms with E-state index in [9.17, 15) is 0 Å². The van der Waals surface area contributed by atoms with Gasteiger partial charge in [-0.1, -0.05) is 152 Å². The zero-order valence-corrected chi connectivity index (χ0v) is 31.9. The minimum absolute atomic E-state index is 0.926. The Morgan fingerprint density at radius 3 is 1.75 bits per heavy atom. The molecule has 4 heterocycles. The Balaban J connectivity index is 1.01. The monoisotopic (exact) mass is 750 g/mol. The van der Waals surface area contributed by atoms with Gasteiger partial charge >= 0.3 is 0 Å². The molecular formula is C55H34N4. The predicted octanol–water partition coefficient (Wildman–Crippen LogP) is 14.2. The summed E-state index contributed by atoms with van der Waals surface area (Å²) < 4.78 is 2.40. The van der Waals surface area contributed by atoms with Crippen LogP contribution in [0.15, 0.2) is 207 Å². The summed E-state index contributed by atoms with van der Waals surface area (Å²) in [7, 11) is 0. The number of aromatic nitrogens is 4. The highest BCUT2D eigenvalue weighted by Crippen LogP contribution is 2.44. The SMILES string of the molecule is c1ccc(-c2nc3c(-c4ccc(-c5ccc(-c6cc7cccnc7c7ncccc67)cc5)cc4)cccc3c3c2ccc2c3c3ccccc3n2-c2ccccc2)cc1. The van der Waals surface area contributed by atoms with Crippen LogP contribution in [-0.4, -0.2) is 19.5 Å². The third-order valence-electron chi connectivity index (χ3n) is 11.9. The molecule has 0 fully saturated rings. The molecule has 274 valence electrons. The second-order valence-electron chi connectivity index (χ2n) is 15.2. The number of para-hydroxylation sites is 3. The standard InChI is InChI=1S/C55H34N4/c1-3-12-39(13-4-1)52-46-30-31-49-51(44-17-7-8-21-48(44)59(49)41-15-5-2-6-16-41)50(46)45-19-9-18-42(54(45)58-52)37-26-22-35(23-27-37)36-24-28-38(29-25-36)47-34-40-14-10-32-56-53(40)55-43(47)20-11-33-57-55/h1-34H. The van der Waals surface area contributed by atoms with Crippen LogP contribution < -0.4 is 0 Å². The number of nitrogens with zero attached hydrogens (tertiary/aromatic N) is 4. The highest BCUT2D eigenvalue weighted by molar-refractivity contribution is 6.30. The number of hydrogen-bond acceptors (Lipinski definition) is 3. The summed E-state index contributed by atoms with van der Waals surface area (Å²) in [6, 6.07) is 69.5. The van der Waals surface area contributed by atoms with Gasteiger partial charge in [0.2, 0.25) is 0 Å². The lowest BCUT2D eigenvalue weighted by atomic mass is 9.92. The van der Waals surface area contributed by atoms with Crippen molar-refractivity contribution in [2.45, 2.75) is 0 Å². The highest BCUT2D eigenvalue weighted by atomic mass is 15.0. The Bertz CT molecular complexity index is 3570. The quantitative estimate of drug-likeness (QED) is 0.165. The molecule has 0 bridgehead atoms. The Kier molecular flexibility index (Phi) is 7.50. The third kappa shape index (κ3) is 5.27. The fraction of sp³-hybridized carbons (Fsp3) is 0. The van der Waals surface area contributed by atoms with E-state index in [-0.39, 0.29) is 0 Å². The average molecular weight is 751 g/mol. The molecule has 0 amide bonds. The first-order chi connectivity index (χ1) is 29.3. The summed E-state index contributed by atoms with van der Waals surface area (Å²) in [6.07, 6.45) is 3.68. The normalized spacial score (nSPS) is 11.7. The van der Waals surface area contributed by atoms with Crippen LogP contribution in [0.25, 0.3) is 116 Å². The minimum atomic E-state index is 0.926. The van der Waals surface area contributed by atoms with Gasteiger partial charge in [-0.05, 0) is 70.3 Å². The Morgan fingerprint density at radius 2 is 0.966 bits per heavy atom. The summed E-state index contributed by atoms with van der Waals surface area (Å²) >= 11 is 0. The number of rotatable bonds is 5. The maximum Gasteiger partial charge on any atom is 0.0970 e. The summed E-state index contributed by atoms with van der Waals surface area (Å²) in [4.78, 5) is 14.9. The van der Waals surface area contributed by atoms with Gasteiger partial charge in [0.05, 0.1) is 33.3 Å². The zero-order valence-electron chi connectivity index (χ0n) is 31.9. The molecule has 0 unspecified atom stereocenters. The average Bonchev–Trinajstić information content (AvgIpc) is 3.66. The minimum Gasteiger partial charge on any atom is -0.309 e. The fourth-order valence-electron chi connectivity index (χ4n) is 9.18. The van der Waals surface area contributed by atoms with E-state index in [4.69, 9.17) is 9.97 Å². The molecule has 0 spiro atoms. The lowest BCUT2D eigenvalue weighted by molar-refractivity contribution is 1.18. The largest absolute Gasteiger partial charge is 0.309 e. The molecule has 4 aromatic heterocycles. The van der Waals surface area contributed by atoms with E-state index in [0.29, 0.717) is 0 Å². The van der Waals surface area contributed by atoms with Gasteiger partial charge < -0.3 is 4.57 Å². The van der Waals surface area contributed by atoms with E-state index in [1.54, 1.807) is 0 Å². The summed E-state index contributed by atoms with van der Waals surface area (Å²) in [5, 5.41) is 8.17. The first-order valence-corrected chi connectivity index (χ1v) is 20.0. The predicted molar refractivity (Wildman–Crippen MR) is 246 cm³/mol. The first kappa shape index (κ1) is 33.2. The fourth-order valence-corrected chi connectivity index (χ4v) is 9.18. The van der Waals surface area contributed by atoms with Crippen LogP contribution in [0.4, 0.5) is 0 Å². The van der Waals surface area contributed by atoms with Gasteiger partial charge in [-0.2, -0.15) is 0 Å². The number of benzene rings is 8. The van der Waals surface area contributed by atoms with E-state index in [2.05, 4.69) is 192 Å². The van der Waals surface area contributed by atoms with E-state index in [1.807, 2.05) is 24.5 Å². The van der Waals surface area contributed by atoms with Crippen molar-refractivity contribution in [3.8, 4) is 50.3 Å². The molecular weight excluding hydrogens is 717 g/mol. The highest BCUT2D eigenvalue weighted by Gasteiger charge is 2.21. The van der Waals surface area contributed by atoms with Crippen LogP contribution in [0, 0.1) is 0 Å². The molecule has 0 aliphatic heterocycles. The molecule has 0 aliphatic carbocycles. The van der Waals surface area contributed by atoms with Gasteiger partial charge in [0, 0.05) is 66.9 Å². The van der Waals surface area contributed by atoms with E-state index in [1.165, 1.54) is 27.2 Å². The van der Waals surface area contributed by atoms with Gasteiger partial charge in [0.15, 0.2) is 0 Å². The molecule has 12 aromatic rings. The summed E-state index contributed by atoms with van der Waals surface area (Å²) in [6.45, 7) is 0. The molecule has 4 nitrogen and oxygen atoms in total. The molecule has 0 aliphatic rings. The van der Waals surface area contributed by atoms with Crippen molar-refractivity contribution in [1.29, 1.82) is 0 Å². The van der Waals surface area contributed by atoms with Gasteiger partial charge in [-0.3, -0.25) is 9.97 Å². The van der Waals surface area contributed by atoms with Crippen LogP contribution in [0.3, 0.4) is 0 Å². The van der Waals surface area contributed by atoms with Crippen LogP contribution in [0.2, 0.25) is 0 Å². The Labute approximate surface area is 340 Å². The molecule has 0 radical (unpaired) electrons. The molecule has 59 heavy (non-hydrogen) atoms. The number of hydrogen-bond donors (Lipinski definition) is 0. The summed E-state index contributed by atoms with van der Waals surface area (Å²) in [5.74, 6) is 0. The van der Waals surface area contributed by atoms with Crippen molar-refractivity contribution >= 4 is 65.3 Å². The molecule has 0 atom stereocenters. The maximum atomic E-state index is 5.55. The molecule has 8 aromatic carbocycles. The van der Waals surface area contributed by atoms with Gasteiger partial charge in [0.25, 0.3) is 0 Å². The Morgan fingerprint density at radius 1 is 0.339 bits per heavy atom. The van der Waals surface area contributed by atoms with Crippen LogP contribution >= 0.6 is 0 Å². The smallest absolute Gasteiger partial charge is 0.0970 e. The number of pyridine rings is 3. The van der Waals surface area contributed by atoms with Crippen molar-refractivity contribution in [1.82, 2.24) is 19.5 Å². The zero-order chi connectivity index (χ0) is 38.9. The van der Waals surface area contributed by atoms with Crippen molar-refractivity contribution < 1.29 is 0 Å². The van der Waals surface area contributed by atoms with Crippen LogP contribution in [0.5, 0.6) is 0 Å². The third-order valence-corrected chi connectivity index (χ3v) is 11.9. The molecule has 12 rings (SSSR count). The molecule has 0 saturated carbocycles. The first-order valence-electron chi connectivity index (χ1n) is 20.0. The van der Waals surface area contributed by atoms with E-state index in [0.717, 1.165) is 88.4 Å². The lowest BCUT2D eigenvalue weighted by Gasteiger charge is -2.15. The molecule has 4 heteroatoms. The maximum absolute atomic E-state index is 5.55. The van der Waals surface area contributed by atoms with Crippen molar-refractivity contribution in [3.63, 3.8) is 0 Å². The van der Waals surface area contributed by atoms with Gasteiger partial charge in [-0.15, -0.1) is 0 Å². The number of fused-ring (bicyclic) bond motifs is 10. The van der Waals surface area contributed by atoms with Crippen LogP contribution in [-0.2, 0) is 0 Å². The second-order valence-corrected chi connectivity index (χ2v) is 15.2. The van der Waals surface area contributed by atoms with E-state index < -0.39 is 0 Å².